The Morgan fingerprint density at radius 3 is 2.67 bits per heavy atom. The van der Waals surface area contributed by atoms with Crippen molar-refractivity contribution in [3.63, 3.8) is 0 Å². The lowest BCUT2D eigenvalue weighted by atomic mass is 9.74. The number of amides is 1. The molecule has 0 spiro atoms. The first-order chi connectivity index (χ1) is 20.2. The summed E-state index contributed by atoms with van der Waals surface area (Å²) < 4.78 is 20.2. The highest BCUT2D eigenvalue weighted by atomic mass is 35.5. The molecule has 1 aromatic carbocycles. The predicted octanol–water partition coefficient (Wildman–Crippen LogP) is 5.14. The number of nitriles is 1. The zero-order chi connectivity index (χ0) is 29.9. The molecule has 2 aromatic rings. The van der Waals surface area contributed by atoms with E-state index in [9.17, 15) is 14.4 Å². The highest BCUT2D eigenvalue weighted by molar-refractivity contribution is 6.31. The zero-order valence-electron chi connectivity index (χ0n) is 24.6. The van der Waals surface area contributed by atoms with Crippen molar-refractivity contribution < 1.29 is 13.9 Å². The summed E-state index contributed by atoms with van der Waals surface area (Å²) in [6, 6.07) is 9.97. The molecule has 1 unspecified atom stereocenters. The van der Waals surface area contributed by atoms with Gasteiger partial charge < -0.3 is 14.5 Å². The van der Waals surface area contributed by atoms with Crippen molar-refractivity contribution >= 4 is 23.3 Å². The highest BCUT2D eigenvalue weighted by Gasteiger charge is 2.55. The number of aryl methyl sites for hydroxylation is 2. The molecule has 8 nitrogen and oxygen atoms in total. The van der Waals surface area contributed by atoms with E-state index in [-0.39, 0.29) is 18.5 Å². The van der Waals surface area contributed by atoms with Crippen molar-refractivity contribution in [3.05, 3.63) is 58.5 Å². The molecule has 4 fully saturated rings. The predicted molar refractivity (Wildman–Crippen MR) is 161 cm³/mol. The molecule has 0 N–H and O–H groups in total. The van der Waals surface area contributed by atoms with Crippen LogP contribution in [0.25, 0.3) is 0 Å². The molecule has 4 heterocycles. The standard InChI is InChI=1S/C32H40ClFN6O2/c1-4-8-26-28(12-7-10-24-9-5-6-11-27(24)33)36-31(42-21-32-17-23(18-32)19-38(32)3)37-29(26)39-15-16-40(30(41)22(2)34)25(20-39)13-14-35/h5-6,9,11,23,25H,2,4,7-8,10,12-13,15-21H2,1,3H3. The Hall–Kier alpha value is -3.22. The Morgan fingerprint density at radius 1 is 1.21 bits per heavy atom. The fraction of sp³-hybridized carbons (Fsp3) is 0.562. The second kappa shape index (κ2) is 13.0. The largest absolute Gasteiger partial charge is 0.461 e. The Bertz CT molecular complexity index is 1360. The molecule has 1 saturated carbocycles. The van der Waals surface area contributed by atoms with Gasteiger partial charge in [0, 0.05) is 36.8 Å². The molecule has 224 valence electrons. The fourth-order valence-corrected chi connectivity index (χ4v) is 7.13. The van der Waals surface area contributed by atoms with Crippen LogP contribution in [-0.4, -0.2) is 77.1 Å². The maximum atomic E-state index is 13.8. The number of benzene rings is 1. The van der Waals surface area contributed by atoms with Gasteiger partial charge in [0.2, 0.25) is 0 Å². The molecule has 4 aliphatic rings. The first-order valence-corrected chi connectivity index (χ1v) is 15.4. The van der Waals surface area contributed by atoms with Gasteiger partial charge in [0.15, 0.2) is 5.83 Å². The van der Waals surface area contributed by atoms with E-state index in [0.29, 0.717) is 25.7 Å². The Kier molecular flexibility index (Phi) is 9.34. The molecule has 10 heteroatoms. The van der Waals surface area contributed by atoms with Gasteiger partial charge in [-0.1, -0.05) is 49.7 Å². The Morgan fingerprint density at radius 2 is 2.00 bits per heavy atom. The van der Waals surface area contributed by atoms with Crippen LogP contribution in [0.4, 0.5) is 10.2 Å². The number of fused-ring (bicyclic) bond motifs is 1. The quantitative estimate of drug-likeness (QED) is 0.314. The summed E-state index contributed by atoms with van der Waals surface area (Å²) in [7, 11) is 2.16. The van der Waals surface area contributed by atoms with Crippen molar-refractivity contribution in [1.82, 2.24) is 19.8 Å². The number of carbonyl (C=O) groups is 1. The van der Waals surface area contributed by atoms with Crippen molar-refractivity contribution in [1.29, 1.82) is 5.26 Å². The van der Waals surface area contributed by atoms with Gasteiger partial charge in [-0.3, -0.25) is 9.69 Å². The maximum absolute atomic E-state index is 13.8. The number of hydrogen-bond acceptors (Lipinski definition) is 7. The van der Waals surface area contributed by atoms with Crippen LogP contribution in [0.15, 0.2) is 36.7 Å². The highest BCUT2D eigenvalue weighted by Crippen LogP contribution is 2.49. The molecule has 1 amide bonds. The average molecular weight is 595 g/mol. The lowest BCUT2D eigenvalue weighted by molar-refractivity contribution is -0.131. The molecule has 1 aromatic heterocycles. The van der Waals surface area contributed by atoms with Crippen LogP contribution in [0.3, 0.4) is 0 Å². The smallest absolute Gasteiger partial charge is 0.318 e. The molecular weight excluding hydrogens is 555 g/mol. The van der Waals surface area contributed by atoms with E-state index in [1.54, 1.807) is 0 Å². The molecule has 3 saturated heterocycles. The minimum Gasteiger partial charge on any atom is -0.461 e. The molecule has 1 aliphatic carbocycles. The number of nitrogens with zero attached hydrogens (tertiary/aromatic N) is 6. The fourth-order valence-electron chi connectivity index (χ4n) is 6.90. The number of halogens is 2. The molecule has 0 radical (unpaired) electrons. The van der Waals surface area contributed by atoms with E-state index in [1.165, 1.54) is 4.90 Å². The SMILES string of the molecule is C=C(F)C(=O)N1CCN(c2nc(OCC34CC(CN3C)C4)nc(CCCc3ccccc3Cl)c2CCC)CC1CC#N. The van der Waals surface area contributed by atoms with Gasteiger partial charge in [0.1, 0.15) is 12.4 Å². The number of likely N-dealkylation sites (N-methyl/N-ethyl adjacent to an activating group) is 1. The van der Waals surface area contributed by atoms with Gasteiger partial charge in [0.25, 0.3) is 5.91 Å². The number of hydrogen-bond donors (Lipinski definition) is 0. The molecule has 42 heavy (non-hydrogen) atoms. The van der Waals surface area contributed by atoms with E-state index < -0.39 is 17.8 Å². The van der Waals surface area contributed by atoms with Crippen LogP contribution in [-0.2, 0) is 24.1 Å². The van der Waals surface area contributed by atoms with Gasteiger partial charge in [-0.15, -0.1) is 0 Å². The summed E-state index contributed by atoms with van der Waals surface area (Å²) >= 11 is 6.43. The lowest BCUT2D eigenvalue weighted by Crippen LogP contribution is -2.55. The minimum atomic E-state index is -1.01. The molecule has 2 bridgehead atoms. The molecule has 3 aliphatic heterocycles. The van der Waals surface area contributed by atoms with E-state index in [1.807, 2.05) is 18.2 Å². The van der Waals surface area contributed by atoms with Crippen LogP contribution in [0.2, 0.25) is 5.02 Å². The minimum absolute atomic E-state index is 0.0547. The van der Waals surface area contributed by atoms with Crippen molar-refractivity contribution in [2.45, 2.75) is 69.9 Å². The van der Waals surface area contributed by atoms with E-state index in [0.717, 1.165) is 85.1 Å². The Balaban J connectivity index is 1.43. The number of aromatic nitrogens is 2. The van der Waals surface area contributed by atoms with Crippen molar-refractivity contribution in [3.8, 4) is 12.1 Å². The first kappa shape index (κ1) is 30.2. The average Bonchev–Trinajstić information content (AvgIpc) is 3.45. The summed E-state index contributed by atoms with van der Waals surface area (Å²) in [6.07, 6.45) is 6.49. The number of ether oxygens (including phenoxy) is 1. The third kappa shape index (κ3) is 6.25. The van der Waals surface area contributed by atoms with Gasteiger partial charge in [-0.2, -0.15) is 15.2 Å². The van der Waals surface area contributed by atoms with Crippen molar-refractivity contribution in [2.24, 2.45) is 5.92 Å². The summed E-state index contributed by atoms with van der Waals surface area (Å²) in [4.78, 5) is 28.4. The normalized spacial score (nSPS) is 23.4. The first-order valence-electron chi connectivity index (χ1n) is 15.0. The van der Waals surface area contributed by atoms with E-state index in [4.69, 9.17) is 26.3 Å². The van der Waals surface area contributed by atoms with Crippen LogP contribution in [0, 0.1) is 17.2 Å². The number of rotatable bonds is 12. The van der Waals surface area contributed by atoms with Crippen LogP contribution < -0.4 is 9.64 Å². The maximum Gasteiger partial charge on any atom is 0.318 e. The monoisotopic (exact) mass is 594 g/mol. The summed E-state index contributed by atoms with van der Waals surface area (Å²) in [6.45, 7) is 8.07. The topological polar surface area (TPSA) is 85.6 Å². The summed E-state index contributed by atoms with van der Waals surface area (Å²) in [5.74, 6) is -0.230. The van der Waals surface area contributed by atoms with Crippen LogP contribution >= 0.6 is 11.6 Å². The molecule has 6 rings (SSSR count). The second-order valence-corrected chi connectivity index (χ2v) is 12.4. The number of piperazine rings is 1. The van der Waals surface area contributed by atoms with Crippen LogP contribution in [0.1, 0.15) is 55.8 Å². The van der Waals surface area contributed by atoms with E-state index in [2.05, 4.69) is 42.5 Å². The molecule has 1 atom stereocenters. The van der Waals surface area contributed by atoms with Gasteiger partial charge in [0.05, 0.1) is 29.8 Å². The third-order valence-corrected chi connectivity index (χ3v) is 9.49. The second-order valence-electron chi connectivity index (χ2n) is 12.0. The van der Waals surface area contributed by atoms with Gasteiger partial charge in [-0.05, 0) is 63.1 Å². The van der Waals surface area contributed by atoms with E-state index >= 15 is 0 Å². The summed E-state index contributed by atoms with van der Waals surface area (Å²) in [5, 5.41) is 10.3. The molecular formula is C32H40ClFN6O2. The van der Waals surface area contributed by atoms with Gasteiger partial charge >= 0.3 is 6.01 Å². The van der Waals surface area contributed by atoms with Crippen molar-refractivity contribution in [2.75, 3.05) is 44.7 Å². The Labute approximate surface area is 253 Å². The summed E-state index contributed by atoms with van der Waals surface area (Å²) in [5.41, 5.74) is 3.19. The van der Waals surface area contributed by atoms with Gasteiger partial charge in [-0.25, -0.2) is 4.39 Å². The number of carbonyl (C=O) groups excluding carboxylic acids is 1. The third-order valence-electron chi connectivity index (χ3n) is 9.12. The number of anilines is 1. The van der Waals surface area contributed by atoms with Crippen LogP contribution in [0.5, 0.6) is 6.01 Å². The lowest BCUT2D eigenvalue weighted by Gasteiger charge is -2.42. The zero-order valence-corrected chi connectivity index (χ0v) is 25.4.